The van der Waals surface area contributed by atoms with Gasteiger partial charge in [-0.15, -0.1) is 11.3 Å². The number of sulfonamides is 1. The van der Waals surface area contributed by atoms with Gasteiger partial charge in [0, 0.05) is 18.5 Å². The van der Waals surface area contributed by atoms with Crippen molar-refractivity contribution in [2.24, 2.45) is 0 Å². The molecule has 0 spiro atoms. The van der Waals surface area contributed by atoms with E-state index >= 15 is 0 Å². The number of carbonyl (C=O) groups is 2. The van der Waals surface area contributed by atoms with E-state index in [0.717, 1.165) is 29.5 Å². The Morgan fingerprint density at radius 1 is 1.14 bits per heavy atom. The zero-order valence-electron chi connectivity index (χ0n) is 16.2. The van der Waals surface area contributed by atoms with Gasteiger partial charge >= 0.3 is 11.9 Å². The molecule has 0 unspecified atom stereocenters. The number of esters is 2. The van der Waals surface area contributed by atoms with Gasteiger partial charge in [0.25, 0.3) is 0 Å². The van der Waals surface area contributed by atoms with Gasteiger partial charge in [0.15, 0.2) is 0 Å². The minimum absolute atomic E-state index is 0.108. The van der Waals surface area contributed by atoms with Crippen molar-refractivity contribution < 1.29 is 31.9 Å². The molecule has 0 radical (unpaired) electrons. The molecule has 8 nitrogen and oxygen atoms in total. The van der Waals surface area contributed by atoms with Gasteiger partial charge in [-0.2, -0.15) is 4.31 Å². The molecule has 0 saturated carbocycles. The highest BCUT2D eigenvalue weighted by Gasteiger charge is 2.25. The number of carbonyl (C=O) groups excluding carboxylic acids is 2. The maximum atomic E-state index is 14.1. The normalized spacial score (nSPS) is 11.5. The first kappa shape index (κ1) is 22.9. The number of nitrogens with zero attached hydrogens (tertiary/aromatic N) is 2. The SMILES string of the molecule is CCOC(=O)c1nc(COC(=O)c2cc(S(=O)(=O)N(CC)CC)ccc2F)cs1. The van der Waals surface area contributed by atoms with Crippen molar-refractivity contribution in [1.29, 1.82) is 0 Å². The molecule has 2 rings (SSSR count). The Morgan fingerprint density at radius 2 is 1.83 bits per heavy atom. The molecule has 0 aliphatic carbocycles. The lowest BCUT2D eigenvalue weighted by molar-refractivity contribution is 0.0462. The van der Waals surface area contributed by atoms with Crippen LogP contribution < -0.4 is 0 Å². The molecule has 0 aliphatic rings. The zero-order valence-corrected chi connectivity index (χ0v) is 17.8. The molecule has 0 fully saturated rings. The monoisotopic (exact) mass is 444 g/mol. The van der Waals surface area contributed by atoms with Crippen LogP contribution in [-0.4, -0.2) is 49.3 Å². The van der Waals surface area contributed by atoms with E-state index in [9.17, 15) is 22.4 Å². The van der Waals surface area contributed by atoms with Gasteiger partial charge in [-0.25, -0.2) is 27.4 Å². The fourth-order valence-electron chi connectivity index (χ4n) is 2.41. The maximum absolute atomic E-state index is 14.1. The first-order valence-corrected chi connectivity index (χ1v) is 11.1. The Hall–Kier alpha value is -2.37. The Bertz CT molecular complexity index is 986. The number of aromatic nitrogens is 1. The van der Waals surface area contributed by atoms with E-state index in [4.69, 9.17) is 9.47 Å². The summed E-state index contributed by atoms with van der Waals surface area (Å²) in [5.74, 6) is -2.53. The first-order chi connectivity index (χ1) is 13.7. The number of thiazole rings is 1. The number of halogens is 1. The third kappa shape index (κ3) is 5.37. The Balaban J connectivity index is 2.16. The average Bonchev–Trinajstić information content (AvgIpc) is 3.16. The van der Waals surface area contributed by atoms with Crippen LogP contribution in [0.15, 0.2) is 28.5 Å². The lowest BCUT2D eigenvalue weighted by atomic mass is 10.2. The molecule has 1 heterocycles. The molecule has 29 heavy (non-hydrogen) atoms. The van der Waals surface area contributed by atoms with Crippen LogP contribution in [0.2, 0.25) is 0 Å². The van der Waals surface area contributed by atoms with Crippen LogP contribution in [0.3, 0.4) is 0 Å². The molecule has 2 aromatic rings. The third-order valence-electron chi connectivity index (χ3n) is 3.85. The Morgan fingerprint density at radius 3 is 2.45 bits per heavy atom. The highest BCUT2D eigenvalue weighted by molar-refractivity contribution is 7.89. The van der Waals surface area contributed by atoms with Gasteiger partial charge in [0.1, 0.15) is 12.4 Å². The lowest BCUT2D eigenvalue weighted by Gasteiger charge is -2.18. The second-order valence-corrected chi connectivity index (χ2v) is 8.47. The van der Waals surface area contributed by atoms with Gasteiger partial charge in [0.05, 0.1) is 22.8 Å². The third-order valence-corrected chi connectivity index (χ3v) is 6.77. The smallest absolute Gasteiger partial charge is 0.367 e. The van der Waals surface area contributed by atoms with E-state index in [1.807, 2.05) is 0 Å². The minimum Gasteiger partial charge on any atom is -0.461 e. The van der Waals surface area contributed by atoms with Crippen LogP contribution in [0.5, 0.6) is 0 Å². The van der Waals surface area contributed by atoms with Crippen LogP contribution in [-0.2, 0) is 26.1 Å². The van der Waals surface area contributed by atoms with Crippen LogP contribution in [0, 0.1) is 5.82 Å². The number of hydrogen-bond acceptors (Lipinski definition) is 8. The van der Waals surface area contributed by atoms with Crippen molar-refractivity contribution in [3.05, 3.63) is 45.7 Å². The molecule has 0 saturated heterocycles. The molecule has 0 aliphatic heterocycles. The minimum atomic E-state index is -3.86. The second kappa shape index (κ2) is 9.90. The van der Waals surface area contributed by atoms with Gasteiger partial charge in [-0.05, 0) is 25.1 Å². The van der Waals surface area contributed by atoms with Crippen molar-refractivity contribution in [2.45, 2.75) is 32.3 Å². The fourth-order valence-corrected chi connectivity index (χ4v) is 4.59. The summed E-state index contributed by atoms with van der Waals surface area (Å²) >= 11 is 1.03. The van der Waals surface area contributed by atoms with Crippen LogP contribution in [0.4, 0.5) is 4.39 Å². The van der Waals surface area contributed by atoms with Gasteiger partial charge < -0.3 is 9.47 Å². The maximum Gasteiger partial charge on any atom is 0.367 e. The summed E-state index contributed by atoms with van der Waals surface area (Å²) in [6, 6.07) is 2.97. The van der Waals surface area contributed by atoms with E-state index in [1.165, 1.54) is 9.69 Å². The molecule has 0 N–H and O–H groups in total. The van der Waals surface area contributed by atoms with Crippen molar-refractivity contribution >= 4 is 33.3 Å². The van der Waals surface area contributed by atoms with Gasteiger partial charge in [-0.1, -0.05) is 13.8 Å². The van der Waals surface area contributed by atoms with E-state index in [1.54, 1.807) is 20.8 Å². The summed E-state index contributed by atoms with van der Waals surface area (Å²) in [7, 11) is -3.86. The lowest BCUT2D eigenvalue weighted by Crippen LogP contribution is -2.30. The Kier molecular flexibility index (Phi) is 7.82. The standard InChI is InChI=1S/C18H21FN2O6S2/c1-4-21(5-2)29(24,25)13-7-8-15(19)14(9-13)17(22)27-10-12-11-28-16(20-12)18(23)26-6-3/h7-9,11H,4-6,10H2,1-3H3. The van der Waals surface area contributed by atoms with E-state index < -0.39 is 33.3 Å². The molecule has 11 heteroatoms. The molecular weight excluding hydrogens is 423 g/mol. The second-order valence-electron chi connectivity index (χ2n) is 5.67. The number of rotatable bonds is 9. The highest BCUT2D eigenvalue weighted by atomic mass is 32.2. The average molecular weight is 445 g/mol. The molecule has 1 aromatic heterocycles. The quantitative estimate of drug-likeness (QED) is 0.548. The molecule has 1 aromatic carbocycles. The summed E-state index contributed by atoms with van der Waals surface area (Å²) in [6.45, 7) is 5.40. The largest absolute Gasteiger partial charge is 0.461 e. The highest BCUT2D eigenvalue weighted by Crippen LogP contribution is 2.20. The van der Waals surface area contributed by atoms with E-state index in [-0.39, 0.29) is 36.2 Å². The van der Waals surface area contributed by atoms with Crippen molar-refractivity contribution in [3.63, 3.8) is 0 Å². The van der Waals surface area contributed by atoms with Crippen LogP contribution in [0.1, 0.15) is 46.6 Å². The van der Waals surface area contributed by atoms with Gasteiger partial charge in [0.2, 0.25) is 15.0 Å². The number of benzene rings is 1. The topological polar surface area (TPSA) is 103 Å². The number of hydrogen-bond donors (Lipinski definition) is 0. The van der Waals surface area contributed by atoms with E-state index in [0.29, 0.717) is 5.69 Å². The summed E-state index contributed by atoms with van der Waals surface area (Å²) in [4.78, 5) is 27.7. The van der Waals surface area contributed by atoms with Crippen LogP contribution >= 0.6 is 11.3 Å². The summed E-state index contributed by atoms with van der Waals surface area (Å²) in [6.07, 6.45) is 0. The summed E-state index contributed by atoms with van der Waals surface area (Å²) in [5, 5.41) is 1.62. The first-order valence-electron chi connectivity index (χ1n) is 8.82. The predicted octanol–water partition coefficient (Wildman–Crippen LogP) is 2.85. The van der Waals surface area contributed by atoms with Crippen molar-refractivity contribution in [2.75, 3.05) is 19.7 Å². The predicted molar refractivity (Wildman–Crippen MR) is 104 cm³/mol. The van der Waals surface area contributed by atoms with Crippen molar-refractivity contribution in [1.82, 2.24) is 9.29 Å². The molecule has 158 valence electrons. The molecule has 0 bridgehead atoms. The van der Waals surface area contributed by atoms with E-state index in [2.05, 4.69) is 4.98 Å². The zero-order chi connectivity index (χ0) is 21.6. The summed E-state index contributed by atoms with van der Waals surface area (Å²) in [5.41, 5.74) is -0.210. The van der Waals surface area contributed by atoms with Crippen LogP contribution in [0.25, 0.3) is 0 Å². The molecule has 0 amide bonds. The van der Waals surface area contributed by atoms with Gasteiger partial charge in [-0.3, -0.25) is 0 Å². The molecule has 0 atom stereocenters. The Labute approximate surface area is 172 Å². The number of ether oxygens (including phenoxy) is 2. The van der Waals surface area contributed by atoms with Crippen molar-refractivity contribution in [3.8, 4) is 0 Å². The summed E-state index contributed by atoms with van der Waals surface area (Å²) < 4.78 is 50.3. The molecular formula is C18H21FN2O6S2. The fraction of sp³-hybridized carbons (Fsp3) is 0.389.